The Balaban J connectivity index is 1.76. The zero-order valence-corrected chi connectivity index (χ0v) is 10.8. The van der Waals surface area contributed by atoms with Crippen LogP contribution >= 0.6 is 0 Å². The molecule has 2 heterocycles. The van der Waals surface area contributed by atoms with Crippen LogP contribution in [0.25, 0.3) is 23.0 Å². The van der Waals surface area contributed by atoms with E-state index in [1.165, 1.54) is 0 Å². The molecule has 0 saturated heterocycles. The third-order valence-corrected chi connectivity index (χ3v) is 2.65. The van der Waals surface area contributed by atoms with Crippen molar-refractivity contribution in [1.82, 2.24) is 20.3 Å². The molecule has 1 aromatic carbocycles. The molecule has 106 valence electrons. The van der Waals surface area contributed by atoms with E-state index in [1.54, 1.807) is 36.5 Å². The number of nitrogens with two attached hydrogens (primary N) is 1. The lowest BCUT2D eigenvalue weighted by Crippen LogP contribution is -2.19. The maximum Gasteiger partial charge on any atom is 0.276 e. The number of rotatable bonds is 5. The van der Waals surface area contributed by atoms with Gasteiger partial charge in [-0.05, 0) is 30.3 Å². The van der Waals surface area contributed by atoms with Gasteiger partial charge in [-0.15, -0.1) is 0 Å². The van der Waals surface area contributed by atoms with Crippen LogP contribution in [0.2, 0.25) is 0 Å². The average Bonchev–Trinajstić information content (AvgIpc) is 3.16. The molecule has 0 aliphatic carbocycles. The molecule has 3 N–H and O–H groups in total. The van der Waals surface area contributed by atoms with Gasteiger partial charge >= 0.3 is 0 Å². The van der Waals surface area contributed by atoms with Crippen LogP contribution in [0.15, 0.2) is 41.1 Å². The molecule has 21 heavy (non-hydrogen) atoms. The first-order valence-corrected chi connectivity index (χ1v) is 6.07. The van der Waals surface area contributed by atoms with Gasteiger partial charge in [0, 0.05) is 11.8 Å². The molecule has 3 rings (SSSR count). The number of hydrogen-bond acceptors (Lipinski definition) is 6. The monoisotopic (exact) mass is 285 g/mol. The zero-order valence-electron chi connectivity index (χ0n) is 10.8. The molecule has 3 aromatic rings. The van der Waals surface area contributed by atoms with Gasteiger partial charge in [-0.1, -0.05) is 5.16 Å². The van der Waals surface area contributed by atoms with E-state index in [0.29, 0.717) is 23.2 Å². The van der Waals surface area contributed by atoms with Gasteiger partial charge in [-0.25, -0.2) is 0 Å². The smallest absolute Gasteiger partial charge is 0.276 e. The molecule has 0 fully saturated rings. The summed E-state index contributed by atoms with van der Waals surface area (Å²) < 4.78 is 10.3. The van der Waals surface area contributed by atoms with E-state index in [1.807, 2.05) is 0 Å². The van der Waals surface area contributed by atoms with Crippen LogP contribution in [0.4, 0.5) is 0 Å². The summed E-state index contributed by atoms with van der Waals surface area (Å²) in [5, 5.41) is 10.5. The van der Waals surface area contributed by atoms with Crippen molar-refractivity contribution >= 4 is 5.91 Å². The number of hydrogen-bond donors (Lipinski definition) is 2. The summed E-state index contributed by atoms with van der Waals surface area (Å²) >= 11 is 0. The fourth-order valence-corrected chi connectivity index (χ4v) is 1.68. The Bertz CT molecular complexity index is 734. The van der Waals surface area contributed by atoms with Gasteiger partial charge in [0.2, 0.25) is 5.82 Å². The highest BCUT2D eigenvalue weighted by molar-refractivity contribution is 5.75. The lowest BCUT2D eigenvalue weighted by Gasteiger charge is -2.03. The minimum atomic E-state index is -0.526. The molecule has 0 radical (unpaired) electrons. The Labute approximate surface area is 118 Å². The first kappa shape index (κ1) is 12.9. The van der Waals surface area contributed by atoms with Gasteiger partial charge in [0.1, 0.15) is 11.4 Å². The van der Waals surface area contributed by atoms with E-state index in [4.69, 9.17) is 15.0 Å². The summed E-state index contributed by atoms with van der Waals surface area (Å²) in [7, 11) is 0. The molecule has 0 bridgehead atoms. The molecule has 2 aromatic heterocycles. The van der Waals surface area contributed by atoms with Crippen molar-refractivity contribution in [3.05, 3.63) is 36.5 Å². The van der Waals surface area contributed by atoms with Crippen LogP contribution in [0.3, 0.4) is 0 Å². The van der Waals surface area contributed by atoms with Crippen molar-refractivity contribution < 1.29 is 14.1 Å². The van der Waals surface area contributed by atoms with Gasteiger partial charge in [0.15, 0.2) is 6.61 Å². The average molecular weight is 285 g/mol. The molecule has 0 spiro atoms. The molecule has 8 heteroatoms. The summed E-state index contributed by atoms with van der Waals surface area (Å²) in [6.07, 6.45) is 1.60. The summed E-state index contributed by atoms with van der Waals surface area (Å²) in [5.41, 5.74) is 6.41. The molecule has 0 aliphatic rings. The van der Waals surface area contributed by atoms with Crippen LogP contribution in [0.5, 0.6) is 5.75 Å². The second-order valence-electron chi connectivity index (χ2n) is 4.17. The molecular weight excluding hydrogens is 274 g/mol. The van der Waals surface area contributed by atoms with Crippen molar-refractivity contribution in [1.29, 1.82) is 0 Å². The van der Waals surface area contributed by atoms with Crippen molar-refractivity contribution in [2.24, 2.45) is 5.73 Å². The number of nitrogens with zero attached hydrogens (tertiary/aromatic N) is 3. The maximum absolute atomic E-state index is 10.6. The summed E-state index contributed by atoms with van der Waals surface area (Å²) in [4.78, 5) is 14.9. The first-order chi connectivity index (χ1) is 10.2. The molecule has 0 unspecified atom stereocenters. The molecular formula is C13H11N5O3. The Kier molecular flexibility index (Phi) is 3.34. The molecule has 1 amide bonds. The highest BCUT2D eigenvalue weighted by atomic mass is 16.5. The number of primary amides is 1. The number of nitrogens with one attached hydrogen (secondary N) is 1. The molecule has 0 aliphatic heterocycles. The molecule has 0 saturated carbocycles. The van der Waals surface area contributed by atoms with E-state index in [0.717, 1.165) is 5.56 Å². The lowest BCUT2D eigenvalue weighted by molar-refractivity contribution is -0.119. The third-order valence-electron chi connectivity index (χ3n) is 2.65. The van der Waals surface area contributed by atoms with Crippen LogP contribution < -0.4 is 10.5 Å². The summed E-state index contributed by atoms with van der Waals surface area (Å²) in [6.45, 7) is -0.161. The molecule has 0 atom stereocenters. The highest BCUT2D eigenvalue weighted by Gasteiger charge is 2.11. The number of H-pyrrole nitrogens is 1. The standard InChI is InChI=1S/C13H11N5O3/c14-11(19)7-20-9-3-1-8(2-4-9)12-16-13(21-18-12)10-5-6-15-17-10/h1-6H,7H2,(H2,14,19)(H,15,17). The Hall–Kier alpha value is -3.16. The van der Waals surface area contributed by atoms with E-state index in [9.17, 15) is 4.79 Å². The number of aromatic amines is 1. The van der Waals surface area contributed by atoms with Crippen molar-refractivity contribution in [3.8, 4) is 28.7 Å². The van der Waals surface area contributed by atoms with Gasteiger partial charge in [0.05, 0.1) is 0 Å². The Morgan fingerprint density at radius 1 is 1.29 bits per heavy atom. The highest BCUT2D eigenvalue weighted by Crippen LogP contribution is 2.22. The fourth-order valence-electron chi connectivity index (χ4n) is 1.68. The minimum absolute atomic E-state index is 0.161. The van der Waals surface area contributed by atoms with Crippen molar-refractivity contribution in [2.75, 3.05) is 6.61 Å². The normalized spacial score (nSPS) is 10.5. The van der Waals surface area contributed by atoms with Crippen LogP contribution in [0.1, 0.15) is 0 Å². The number of ether oxygens (including phenoxy) is 1. The predicted octanol–water partition coefficient (Wildman–Crippen LogP) is 0.991. The quantitative estimate of drug-likeness (QED) is 0.721. The van der Waals surface area contributed by atoms with E-state index < -0.39 is 5.91 Å². The molecule has 8 nitrogen and oxygen atoms in total. The topological polar surface area (TPSA) is 120 Å². The zero-order chi connectivity index (χ0) is 14.7. The minimum Gasteiger partial charge on any atom is -0.484 e. The van der Waals surface area contributed by atoms with Crippen LogP contribution in [-0.2, 0) is 4.79 Å². The van der Waals surface area contributed by atoms with E-state index >= 15 is 0 Å². The summed E-state index contributed by atoms with van der Waals surface area (Å²) in [6, 6.07) is 8.66. The number of aromatic nitrogens is 4. The van der Waals surface area contributed by atoms with Gasteiger partial charge < -0.3 is 15.0 Å². The van der Waals surface area contributed by atoms with Crippen LogP contribution in [-0.4, -0.2) is 32.9 Å². The van der Waals surface area contributed by atoms with Crippen molar-refractivity contribution in [2.45, 2.75) is 0 Å². The summed E-state index contributed by atoms with van der Waals surface area (Å²) in [5.74, 6) is 0.814. The maximum atomic E-state index is 10.6. The number of carbonyl (C=O) groups excluding carboxylic acids is 1. The van der Waals surface area contributed by atoms with Crippen molar-refractivity contribution in [3.63, 3.8) is 0 Å². The largest absolute Gasteiger partial charge is 0.484 e. The van der Waals surface area contributed by atoms with E-state index in [-0.39, 0.29) is 6.61 Å². The van der Waals surface area contributed by atoms with Gasteiger partial charge in [0.25, 0.3) is 11.8 Å². The number of amides is 1. The Morgan fingerprint density at radius 2 is 2.10 bits per heavy atom. The van der Waals surface area contributed by atoms with E-state index in [2.05, 4.69) is 20.3 Å². The SMILES string of the molecule is NC(=O)COc1ccc(-c2noc(-c3ccn[nH]3)n2)cc1. The second kappa shape index (κ2) is 5.45. The third kappa shape index (κ3) is 2.89. The van der Waals surface area contributed by atoms with Gasteiger partial charge in [-0.2, -0.15) is 10.1 Å². The lowest BCUT2D eigenvalue weighted by atomic mass is 10.2. The van der Waals surface area contributed by atoms with Gasteiger partial charge in [-0.3, -0.25) is 9.89 Å². The Morgan fingerprint density at radius 3 is 2.76 bits per heavy atom. The predicted molar refractivity (Wildman–Crippen MR) is 72.0 cm³/mol. The number of carbonyl (C=O) groups is 1. The van der Waals surface area contributed by atoms with Crippen LogP contribution in [0, 0.1) is 0 Å². The number of benzene rings is 1. The first-order valence-electron chi connectivity index (χ1n) is 6.07. The fraction of sp³-hybridized carbons (Fsp3) is 0.0769. The second-order valence-corrected chi connectivity index (χ2v) is 4.17.